The van der Waals surface area contributed by atoms with Crippen molar-refractivity contribution in [2.75, 3.05) is 24.7 Å². The average molecular weight is 279 g/mol. The van der Waals surface area contributed by atoms with Gasteiger partial charge < -0.3 is 10.4 Å². The molecule has 0 heterocycles. The Hall–Kier alpha value is -0.510. The molecule has 0 radical (unpaired) electrons. The molecule has 1 aromatic rings. The summed E-state index contributed by atoms with van der Waals surface area (Å²) in [5.74, 6) is 2.18. The zero-order valence-corrected chi connectivity index (χ0v) is 12.8. The molecule has 0 fully saturated rings. The molecule has 2 N–H and O–H groups in total. The maximum Gasteiger partial charge on any atom is 0.0438 e. The van der Waals surface area contributed by atoms with Gasteiger partial charge in [0.1, 0.15) is 0 Å². The van der Waals surface area contributed by atoms with Crippen molar-refractivity contribution in [3.63, 3.8) is 0 Å². The van der Waals surface area contributed by atoms with Crippen molar-refractivity contribution in [3.05, 3.63) is 35.4 Å². The molecule has 1 atom stereocenters. The molecule has 1 aliphatic rings. The van der Waals surface area contributed by atoms with Crippen molar-refractivity contribution in [1.29, 1.82) is 0 Å². The third-order valence-corrected chi connectivity index (χ3v) is 4.91. The normalized spacial score (nSPS) is 20.5. The first-order chi connectivity index (χ1) is 9.15. The zero-order chi connectivity index (χ0) is 13.7. The van der Waals surface area contributed by atoms with Crippen LogP contribution in [0.15, 0.2) is 24.3 Å². The van der Waals surface area contributed by atoms with Gasteiger partial charge in [-0.1, -0.05) is 38.1 Å². The summed E-state index contributed by atoms with van der Waals surface area (Å²) in [6.07, 6.45) is 2.07. The molecule has 0 aliphatic heterocycles. The Morgan fingerprint density at radius 1 is 1.32 bits per heavy atom. The number of aliphatic hydroxyl groups excluding tert-OH is 1. The summed E-state index contributed by atoms with van der Waals surface area (Å²) in [5, 5.41) is 12.5. The predicted octanol–water partition coefficient (Wildman–Crippen LogP) is 3.02. The number of rotatable bonds is 7. The fourth-order valence-electron chi connectivity index (χ4n) is 2.92. The second-order valence-corrected chi connectivity index (χ2v) is 7.17. The maximum absolute atomic E-state index is 8.74. The molecule has 3 heteroatoms. The van der Waals surface area contributed by atoms with Crippen LogP contribution in [0.2, 0.25) is 0 Å². The first kappa shape index (κ1) is 14.9. The smallest absolute Gasteiger partial charge is 0.0438 e. The van der Waals surface area contributed by atoms with E-state index in [4.69, 9.17) is 5.11 Å². The highest BCUT2D eigenvalue weighted by Gasteiger charge is 2.37. The van der Waals surface area contributed by atoms with Crippen molar-refractivity contribution in [1.82, 2.24) is 5.32 Å². The average Bonchev–Trinajstić information content (AvgIpc) is 2.64. The fraction of sp³-hybridized carbons (Fsp3) is 0.625. The molecule has 2 nitrogen and oxygen atoms in total. The quantitative estimate of drug-likeness (QED) is 0.753. The number of benzene rings is 1. The molecule has 0 saturated heterocycles. The Labute approximate surface area is 121 Å². The molecule has 1 unspecified atom stereocenters. The van der Waals surface area contributed by atoms with E-state index in [2.05, 4.69) is 43.4 Å². The van der Waals surface area contributed by atoms with E-state index in [1.165, 1.54) is 17.5 Å². The van der Waals surface area contributed by atoms with E-state index in [0.29, 0.717) is 18.1 Å². The molecule has 106 valence electrons. The summed E-state index contributed by atoms with van der Waals surface area (Å²) >= 11 is 1.92. The Morgan fingerprint density at radius 3 is 2.89 bits per heavy atom. The fourth-order valence-corrected chi connectivity index (χ4v) is 3.72. The zero-order valence-electron chi connectivity index (χ0n) is 12.0. The van der Waals surface area contributed by atoms with E-state index in [9.17, 15) is 0 Å². The van der Waals surface area contributed by atoms with Gasteiger partial charge in [-0.25, -0.2) is 0 Å². The summed E-state index contributed by atoms with van der Waals surface area (Å²) in [5.41, 5.74) is 3.28. The summed E-state index contributed by atoms with van der Waals surface area (Å²) < 4.78 is 0. The van der Waals surface area contributed by atoms with E-state index in [0.717, 1.165) is 24.5 Å². The SMILES string of the molecule is CC1(C)Cc2ccccc2C1NCCSCCCO. The van der Waals surface area contributed by atoms with Gasteiger partial charge in [0.15, 0.2) is 0 Å². The molecule has 0 amide bonds. The van der Waals surface area contributed by atoms with Gasteiger partial charge in [-0.2, -0.15) is 11.8 Å². The van der Waals surface area contributed by atoms with Crippen LogP contribution in [0.4, 0.5) is 0 Å². The molecule has 2 rings (SSSR count). The number of hydrogen-bond donors (Lipinski definition) is 2. The number of fused-ring (bicyclic) bond motifs is 1. The highest BCUT2D eigenvalue weighted by atomic mass is 32.2. The summed E-state index contributed by atoms with van der Waals surface area (Å²) in [6.45, 7) is 6.05. The summed E-state index contributed by atoms with van der Waals surface area (Å²) in [6, 6.07) is 9.28. The maximum atomic E-state index is 8.74. The van der Waals surface area contributed by atoms with Crippen LogP contribution in [-0.4, -0.2) is 29.8 Å². The third kappa shape index (κ3) is 3.74. The first-order valence-electron chi connectivity index (χ1n) is 7.15. The summed E-state index contributed by atoms with van der Waals surface area (Å²) in [4.78, 5) is 0. The van der Waals surface area contributed by atoms with E-state index >= 15 is 0 Å². The van der Waals surface area contributed by atoms with Gasteiger partial charge in [0.2, 0.25) is 0 Å². The van der Waals surface area contributed by atoms with Crippen LogP contribution in [0.25, 0.3) is 0 Å². The van der Waals surface area contributed by atoms with Gasteiger partial charge in [0.05, 0.1) is 0 Å². The molecule has 19 heavy (non-hydrogen) atoms. The van der Waals surface area contributed by atoms with Crippen molar-refractivity contribution >= 4 is 11.8 Å². The van der Waals surface area contributed by atoms with Gasteiger partial charge >= 0.3 is 0 Å². The van der Waals surface area contributed by atoms with Crippen LogP contribution in [0.5, 0.6) is 0 Å². The lowest BCUT2D eigenvalue weighted by atomic mass is 9.85. The topological polar surface area (TPSA) is 32.3 Å². The van der Waals surface area contributed by atoms with Gasteiger partial charge in [0, 0.05) is 24.9 Å². The van der Waals surface area contributed by atoms with Crippen LogP contribution in [0.3, 0.4) is 0 Å². The Bertz CT molecular complexity index is 405. The van der Waals surface area contributed by atoms with Crippen LogP contribution >= 0.6 is 11.8 Å². The van der Waals surface area contributed by atoms with E-state index < -0.39 is 0 Å². The second kappa shape index (κ2) is 6.78. The number of hydrogen-bond acceptors (Lipinski definition) is 3. The number of aliphatic hydroxyl groups is 1. The van der Waals surface area contributed by atoms with Crippen LogP contribution in [0, 0.1) is 5.41 Å². The second-order valence-electron chi connectivity index (χ2n) is 5.94. The number of nitrogens with one attached hydrogen (secondary N) is 1. The number of thioether (sulfide) groups is 1. The molecule has 1 aliphatic carbocycles. The van der Waals surface area contributed by atoms with Crippen molar-refractivity contribution in [2.24, 2.45) is 5.41 Å². The van der Waals surface area contributed by atoms with Crippen molar-refractivity contribution in [2.45, 2.75) is 32.7 Å². The highest BCUT2D eigenvalue weighted by Crippen LogP contribution is 2.44. The Kier molecular flexibility index (Phi) is 5.31. The molecular formula is C16H25NOS. The third-order valence-electron chi connectivity index (χ3n) is 3.84. The van der Waals surface area contributed by atoms with Crippen LogP contribution in [-0.2, 0) is 6.42 Å². The summed E-state index contributed by atoms with van der Waals surface area (Å²) in [7, 11) is 0. The Balaban J connectivity index is 1.85. The minimum absolute atomic E-state index is 0.305. The molecule has 1 aromatic carbocycles. The molecule has 0 aromatic heterocycles. The standard InChI is InChI=1S/C16H25NOS/c1-16(2)12-13-6-3-4-7-14(13)15(16)17-8-11-19-10-5-9-18/h3-4,6-7,15,17-18H,5,8-12H2,1-2H3. The Morgan fingerprint density at radius 2 is 2.11 bits per heavy atom. The van der Waals surface area contributed by atoms with Gasteiger partial charge in [-0.3, -0.25) is 0 Å². The van der Waals surface area contributed by atoms with Gasteiger partial charge in [-0.15, -0.1) is 0 Å². The predicted molar refractivity (Wildman–Crippen MR) is 83.7 cm³/mol. The molecule has 0 spiro atoms. The first-order valence-corrected chi connectivity index (χ1v) is 8.30. The highest BCUT2D eigenvalue weighted by molar-refractivity contribution is 7.99. The van der Waals surface area contributed by atoms with Crippen LogP contribution in [0.1, 0.15) is 37.4 Å². The largest absolute Gasteiger partial charge is 0.396 e. The van der Waals surface area contributed by atoms with Crippen molar-refractivity contribution < 1.29 is 5.11 Å². The molecule has 0 saturated carbocycles. The van der Waals surface area contributed by atoms with Gasteiger partial charge in [-0.05, 0) is 35.1 Å². The molecular weight excluding hydrogens is 254 g/mol. The minimum atomic E-state index is 0.305. The molecule has 0 bridgehead atoms. The van der Waals surface area contributed by atoms with E-state index in [1.807, 2.05) is 11.8 Å². The van der Waals surface area contributed by atoms with E-state index in [-0.39, 0.29) is 0 Å². The van der Waals surface area contributed by atoms with Crippen LogP contribution < -0.4 is 5.32 Å². The lowest BCUT2D eigenvalue weighted by molar-refractivity contribution is 0.274. The van der Waals surface area contributed by atoms with E-state index in [1.54, 1.807) is 0 Å². The van der Waals surface area contributed by atoms with Gasteiger partial charge in [0.25, 0.3) is 0 Å². The lowest BCUT2D eigenvalue weighted by Gasteiger charge is -2.28. The minimum Gasteiger partial charge on any atom is -0.396 e. The van der Waals surface area contributed by atoms with Crippen molar-refractivity contribution in [3.8, 4) is 0 Å². The monoisotopic (exact) mass is 279 g/mol. The lowest BCUT2D eigenvalue weighted by Crippen LogP contribution is -2.32.